The molecule has 3 amide bonds. The first kappa shape index (κ1) is 44.1. The number of carbonyl (C=O) groups excluding carboxylic acids is 3. The standard InChI is InChI=1S/C42H44F3N5O9S/c43-42(44,45)59-31-11-8-30(9-12-31)39(32-13-10-29-5-3-18-47-38(29)40(32)54)50(41-48-33-6-1-2-7-34(33)60-41)37(53)16-21-55-23-25-57-27-28-58-26-24-56-22-19-46-17-4-20-49-35(51)14-15-36(49)52/h1-3,5-15,18,39,46,54H,4,16-17,19-28H2. The van der Waals surface area contributed by atoms with Gasteiger partial charge in [-0.15, -0.1) is 13.2 Å². The van der Waals surface area contributed by atoms with Gasteiger partial charge in [-0.1, -0.05) is 53.8 Å². The summed E-state index contributed by atoms with van der Waals surface area (Å²) in [5.74, 6) is -1.60. The van der Waals surface area contributed by atoms with Crippen molar-refractivity contribution < 1.29 is 56.3 Å². The van der Waals surface area contributed by atoms with Gasteiger partial charge in [-0.3, -0.25) is 29.2 Å². The second kappa shape index (κ2) is 21.7. The lowest BCUT2D eigenvalue weighted by atomic mass is 9.94. The number of pyridine rings is 1. The number of phenolic OH excluding ortho intramolecular Hbond substituents is 1. The van der Waals surface area contributed by atoms with Crippen molar-refractivity contribution in [3.8, 4) is 11.5 Å². The Morgan fingerprint density at radius 3 is 2.17 bits per heavy atom. The van der Waals surface area contributed by atoms with Crippen LogP contribution >= 0.6 is 11.3 Å². The lowest BCUT2D eigenvalue weighted by molar-refractivity contribution is -0.274. The normalized spacial score (nSPS) is 13.5. The first-order valence-corrected chi connectivity index (χ1v) is 20.1. The van der Waals surface area contributed by atoms with Crippen molar-refractivity contribution in [2.75, 3.05) is 77.4 Å². The largest absolute Gasteiger partial charge is 0.573 e. The average molecular weight is 852 g/mol. The number of amides is 3. The molecule has 0 fully saturated rings. The van der Waals surface area contributed by atoms with E-state index in [0.29, 0.717) is 86.2 Å². The second-order valence-corrected chi connectivity index (χ2v) is 14.3. The van der Waals surface area contributed by atoms with Crippen molar-refractivity contribution in [1.82, 2.24) is 20.2 Å². The Morgan fingerprint density at radius 1 is 0.817 bits per heavy atom. The first-order valence-electron chi connectivity index (χ1n) is 19.2. The summed E-state index contributed by atoms with van der Waals surface area (Å²) in [5, 5.41) is 15.8. The lowest BCUT2D eigenvalue weighted by Crippen LogP contribution is -2.36. The number of anilines is 1. The van der Waals surface area contributed by atoms with Crippen LogP contribution in [0, 0.1) is 0 Å². The number of nitrogens with zero attached hydrogens (tertiary/aromatic N) is 4. The van der Waals surface area contributed by atoms with Gasteiger partial charge in [-0.2, -0.15) is 0 Å². The molecular formula is C42H44F3N5O9S. The van der Waals surface area contributed by atoms with E-state index in [1.165, 1.54) is 51.6 Å². The maximum Gasteiger partial charge on any atom is 0.573 e. The van der Waals surface area contributed by atoms with E-state index >= 15 is 0 Å². The highest BCUT2D eigenvalue weighted by atomic mass is 32.1. The fraction of sp³-hybridized carbons (Fsp3) is 0.357. The van der Waals surface area contributed by atoms with E-state index < -0.39 is 24.1 Å². The minimum Gasteiger partial charge on any atom is -0.505 e. The SMILES string of the molecule is O=C1C=CC(=O)N1CCCNCCOCCOCCOCCOCCC(=O)N(c1nc2ccccc2s1)C(c1ccc(OC(F)(F)F)cc1)c1ccc2cccnc2c1O. The predicted molar refractivity (Wildman–Crippen MR) is 217 cm³/mol. The third-order valence-corrected chi connectivity index (χ3v) is 10.2. The Morgan fingerprint density at radius 2 is 1.48 bits per heavy atom. The van der Waals surface area contributed by atoms with Crippen LogP contribution < -0.4 is 15.0 Å². The maximum atomic E-state index is 14.3. The first-order chi connectivity index (χ1) is 29.1. The van der Waals surface area contributed by atoms with E-state index in [2.05, 4.69) is 15.0 Å². The van der Waals surface area contributed by atoms with Crippen molar-refractivity contribution in [3.05, 3.63) is 102 Å². The molecule has 0 spiro atoms. The highest BCUT2D eigenvalue weighted by Crippen LogP contribution is 2.43. The van der Waals surface area contributed by atoms with Gasteiger partial charge in [-0.05, 0) is 48.9 Å². The van der Waals surface area contributed by atoms with Crippen molar-refractivity contribution in [3.63, 3.8) is 0 Å². The summed E-state index contributed by atoms with van der Waals surface area (Å²) in [6.07, 6.45) is -0.259. The number of fused-ring (bicyclic) bond motifs is 2. The molecule has 2 aromatic heterocycles. The van der Waals surface area contributed by atoms with Crippen LogP contribution in [0.1, 0.15) is 30.0 Å². The van der Waals surface area contributed by atoms with E-state index in [-0.39, 0.29) is 49.4 Å². The van der Waals surface area contributed by atoms with Crippen molar-refractivity contribution in [2.45, 2.75) is 25.2 Å². The molecule has 14 nitrogen and oxygen atoms in total. The smallest absolute Gasteiger partial charge is 0.505 e. The zero-order valence-corrected chi connectivity index (χ0v) is 33.3. The number of thiazole rings is 1. The molecule has 0 aliphatic carbocycles. The summed E-state index contributed by atoms with van der Waals surface area (Å²) in [4.78, 5) is 49.2. The molecule has 1 aliphatic heterocycles. The molecule has 0 radical (unpaired) electrons. The minimum atomic E-state index is -4.90. The summed E-state index contributed by atoms with van der Waals surface area (Å²) in [6, 6.07) is 18.4. The number of phenols is 1. The number of hydrogen-bond donors (Lipinski definition) is 2. The van der Waals surface area contributed by atoms with Gasteiger partial charge in [0.05, 0.1) is 75.5 Å². The maximum absolute atomic E-state index is 14.3. The Kier molecular flexibility index (Phi) is 15.9. The topological polar surface area (TPSA) is 162 Å². The lowest BCUT2D eigenvalue weighted by Gasteiger charge is -2.31. The van der Waals surface area contributed by atoms with Crippen LogP contribution in [0.2, 0.25) is 0 Å². The molecule has 318 valence electrons. The Balaban J connectivity index is 0.983. The molecule has 60 heavy (non-hydrogen) atoms. The number of nitrogens with one attached hydrogen (secondary N) is 1. The number of rotatable bonds is 24. The molecule has 0 saturated carbocycles. The zero-order valence-electron chi connectivity index (χ0n) is 32.5. The van der Waals surface area contributed by atoms with Gasteiger partial charge in [0.1, 0.15) is 17.0 Å². The van der Waals surface area contributed by atoms with Gasteiger partial charge in [0.15, 0.2) is 5.13 Å². The number of alkyl halides is 3. The van der Waals surface area contributed by atoms with Crippen LogP contribution in [0.3, 0.4) is 0 Å². The van der Waals surface area contributed by atoms with Crippen LogP contribution in [-0.2, 0) is 33.3 Å². The number of para-hydroxylation sites is 1. The molecule has 3 heterocycles. The summed E-state index contributed by atoms with van der Waals surface area (Å²) in [6.45, 7) is 4.09. The Hall–Kier alpha value is -5.50. The van der Waals surface area contributed by atoms with E-state index in [1.54, 1.807) is 24.3 Å². The van der Waals surface area contributed by atoms with Crippen molar-refractivity contribution >= 4 is 55.3 Å². The van der Waals surface area contributed by atoms with E-state index in [0.717, 1.165) is 16.8 Å². The predicted octanol–water partition coefficient (Wildman–Crippen LogP) is 5.93. The highest BCUT2D eigenvalue weighted by Gasteiger charge is 2.34. The van der Waals surface area contributed by atoms with Gasteiger partial charge in [0, 0.05) is 42.4 Å². The van der Waals surface area contributed by atoms with E-state index in [4.69, 9.17) is 23.9 Å². The van der Waals surface area contributed by atoms with Crippen LogP contribution in [0.25, 0.3) is 21.1 Å². The van der Waals surface area contributed by atoms with Crippen molar-refractivity contribution in [2.24, 2.45) is 0 Å². The molecule has 2 N–H and O–H groups in total. The quantitative estimate of drug-likeness (QED) is 0.0557. The van der Waals surface area contributed by atoms with Gasteiger partial charge in [0.25, 0.3) is 11.8 Å². The molecule has 18 heteroatoms. The zero-order chi connectivity index (χ0) is 42.3. The number of halogens is 3. The number of aromatic nitrogens is 2. The van der Waals surface area contributed by atoms with Gasteiger partial charge >= 0.3 is 6.36 Å². The molecule has 6 rings (SSSR count). The second-order valence-electron chi connectivity index (χ2n) is 13.3. The highest BCUT2D eigenvalue weighted by molar-refractivity contribution is 7.22. The number of imide groups is 1. The van der Waals surface area contributed by atoms with Gasteiger partial charge < -0.3 is 34.1 Å². The van der Waals surface area contributed by atoms with Gasteiger partial charge in [0.2, 0.25) is 5.91 Å². The summed E-state index contributed by atoms with van der Waals surface area (Å²) in [7, 11) is 0. The summed E-state index contributed by atoms with van der Waals surface area (Å²) in [5.41, 5.74) is 1.61. The fourth-order valence-electron chi connectivity index (χ4n) is 6.33. The molecule has 0 saturated heterocycles. The Bertz CT molecular complexity index is 2190. The van der Waals surface area contributed by atoms with Crippen LogP contribution in [0.5, 0.6) is 11.5 Å². The third kappa shape index (κ3) is 12.3. The van der Waals surface area contributed by atoms with Gasteiger partial charge in [-0.25, -0.2) is 4.98 Å². The molecule has 1 unspecified atom stereocenters. The van der Waals surface area contributed by atoms with E-state index in [9.17, 15) is 32.7 Å². The molecule has 1 aliphatic rings. The summed E-state index contributed by atoms with van der Waals surface area (Å²) >= 11 is 1.26. The monoisotopic (exact) mass is 851 g/mol. The minimum absolute atomic E-state index is 0.0257. The third-order valence-electron chi connectivity index (χ3n) is 9.15. The average Bonchev–Trinajstić information content (AvgIpc) is 3.81. The number of ether oxygens (including phenoxy) is 5. The molecule has 5 aromatic rings. The number of hydrogen-bond acceptors (Lipinski definition) is 13. The number of aromatic hydroxyl groups is 1. The molecule has 3 aromatic carbocycles. The summed E-state index contributed by atoms with van der Waals surface area (Å²) < 4.78 is 66.5. The molecular weight excluding hydrogens is 808 g/mol. The number of carbonyl (C=O) groups is 3. The van der Waals surface area contributed by atoms with Crippen LogP contribution in [0.4, 0.5) is 18.3 Å². The van der Waals surface area contributed by atoms with Crippen LogP contribution in [-0.4, -0.2) is 117 Å². The van der Waals surface area contributed by atoms with E-state index in [1.807, 2.05) is 24.3 Å². The Labute approximate surface area is 347 Å². The van der Waals surface area contributed by atoms with Crippen LogP contribution in [0.15, 0.2) is 91.1 Å². The molecule has 0 bridgehead atoms. The number of benzene rings is 3. The molecule has 1 atom stereocenters. The fourth-order valence-corrected chi connectivity index (χ4v) is 7.35. The van der Waals surface area contributed by atoms with Crippen molar-refractivity contribution in [1.29, 1.82) is 0 Å².